The highest BCUT2D eigenvalue weighted by molar-refractivity contribution is 7.90. The van der Waals surface area contributed by atoms with Crippen LogP contribution < -0.4 is 9.46 Å². The lowest BCUT2D eigenvalue weighted by Gasteiger charge is -2.17. The van der Waals surface area contributed by atoms with Gasteiger partial charge in [-0.2, -0.15) is 21.5 Å². The van der Waals surface area contributed by atoms with Crippen molar-refractivity contribution in [3.05, 3.63) is 24.3 Å². The van der Waals surface area contributed by atoms with Crippen molar-refractivity contribution in [1.82, 2.24) is 4.31 Å². The molecule has 0 aromatic heterocycles. The minimum absolute atomic E-state index is 0.0587. The highest BCUT2D eigenvalue weighted by Crippen LogP contribution is 2.19. The molecule has 114 valence electrons. The number of benzene rings is 1. The van der Waals surface area contributed by atoms with Crippen LogP contribution in [0, 0.1) is 0 Å². The Kier molecular flexibility index (Phi) is 6.11. The van der Waals surface area contributed by atoms with E-state index >= 15 is 0 Å². The second kappa shape index (κ2) is 7.36. The van der Waals surface area contributed by atoms with Gasteiger partial charge in [-0.05, 0) is 30.7 Å². The first-order valence-corrected chi connectivity index (χ1v) is 7.19. The normalized spacial score (nSPS) is 11.9. The Balaban J connectivity index is 2.67. The van der Waals surface area contributed by atoms with Gasteiger partial charge in [-0.1, -0.05) is 0 Å². The van der Waals surface area contributed by atoms with Gasteiger partial charge in [0.1, 0.15) is 5.75 Å². The fraction of sp³-hybridized carbons (Fsp3) is 0.455. The van der Waals surface area contributed by atoms with Crippen LogP contribution in [0.3, 0.4) is 0 Å². The van der Waals surface area contributed by atoms with E-state index in [4.69, 9.17) is 5.11 Å². The molecule has 0 aliphatic rings. The molecular formula is C11H16F2N2O4S. The predicted molar refractivity (Wildman–Crippen MR) is 69.9 cm³/mol. The molecule has 9 heteroatoms. The van der Waals surface area contributed by atoms with E-state index in [-0.39, 0.29) is 24.6 Å². The van der Waals surface area contributed by atoms with E-state index in [2.05, 4.69) is 9.46 Å². The van der Waals surface area contributed by atoms with Crippen molar-refractivity contribution < 1.29 is 27.0 Å². The van der Waals surface area contributed by atoms with E-state index in [1.54, 1.807) is 0 Å². The second-order valence-electron chi connectivity index (χ2n) is 3.91. The fourth-order valence-electron chi connectivity index (χ4n) is 1.34. The van der Waals surface area contributed by atoms with Gasteiger partial charge in [0.25, 0.3) is 0 Å². The first-order chi connectivity index (χ1) is 9.35. The first kappa shape index (κ1) is 16.6. The summed E-state index contributed by atoms with van der Waals surface area (Å²) in [4.78, 5) is 0. The zero-order valence-electron chi connectivity index (χ0n) is 10.8. The molecule has 0 spiro atoms. The predicted octanol–water partition coefficient (Wildman–Crippen LogP) is 1.26. The summed E-state index contributed by atoms with van der Waals surface area (Å²) in [7, 11) is -2.37. The molecule has 0 fully saturated rings. The number of ether oxygens (including phenoxy) is 1. The zero-order valence-corrected chi connectivity index (χ0v) is 11.6. The summed E-state index contributed by atoms with van der Waals surface area (Å²) in [6, 6.07) is 5.10. The van der Waals surface area contributed by atoms with Crippen molar-refractivity contribution >= 4 is 15.9 Å². The third kappa shape index (κ3) is 5.27. The summed E-state index contributed by atoms with van der Waals surface area (Å²) in [5.74, 6) is -0.0587. The standard InChI is InChI=1S/C11H16F2N2O4S/c1-15(7-2-8-16)20(17,18)14-9-3-5-10(6-4-9)19-11(12)13/h3-6,11,14,16H,2,7-8H2,1H3. The molecule has 0 amide bonds. The number of hydrogen-bond acceptors (Lipinski definition) is 4. The van der Waals surface area contributed by atoms with Gasteiger partial charge in [0.2, 0.25) is 0 Å². The highest BCUT2D eigenvalue weighted by atomic mass is 32.2. The largest absolute Gasteiger partial charge is 0.435 e. The molecule has 1 aromatic rings. The van der Waals surface area contributed by atoms with Crippen LogP contribution in [0.15, 0.2) is 24.3 Å². The molecule has 6 nitrogen and oxygen atoms in total. The Morgan fingerprint density at radius 2 is 1.95 bits per heavy atom. The van der Waals surface area contributed by atoms with Gasteiger partial charge in [0.15, 0.2) is 0 Å². The molecule has 0 radical (unpaired) electrons. The number of rotatable bonds is 8. The Hall–Kier alpha value is -1.45. The molecule has 1 rings (SSSR count). The topological polar surface area (TPSA) is 78.9 Å². The monoisotopic (exact) mass is 310 g/mol. The van der Waals surface area contributed by atoms with Crippen molar-refractivity contribution in [2.24, 2.45) is 0 Å². The Bertz CT molecular complexity index is 508. The van der Waals surface area contributed by atoms with Gasteiger partial charge in [-0.25, -0.2) is 0 Å². The van der Waals surface area contributed by atoms with Crippen molar-refractivity contribution in [2.75, 3.05) is 24.9 Å². The van der Waals surface area contributed by atoms with Gasteiger partial charge >= 0.3 is 16.8 Å². The average molecular weight is 310 g/mol. The van der Waals surface area contributed by atoms with E-state index in [1.165, 1.54) is 31.3 Å². The third-order valence-corrected chi connectivity index (χ3v) is 3.86. The fourth-order valence-corrected chi connectivity index (χ4v) is 2.30. The van der Waals surface area contributed by atoms with E-state index in [9.17, 15) is 17.2 Å². The Morgan fingerprint density at radius 1 is 1.35 bits per heavy atom. The maximum atomic E-state index is 12.0. The summed E-state index contributed by atoms with van der Waals surface area (Å²) >= 11 is 0. The molecule has 0 saturated heterocycles. The number of halogens is 2. The molecule has 0 bridgehead atoms. The third-order valence-electron chi connectivity index (χ3n) is 2.37. The number of alkyl halides is 2. The van der Waals surface area contributed by atoms with Crippen molar-refractivity contribution in [1.29, 1.82) is 0 Å². The van der Waals surface area contributed by atoms with Gasteiger partial charge in [-0.15, -0.1) is 0 Å². The lowest BCUT2D eigenvalue weighted by atomic mass is 10.3. The van der Waals surface area contributed by atoms with Crippen LogP contribution in [0.1, 0.15) is 6.42 Å². The lowest BCUT2D eigenvalue weighted by molar-refractivity contribution is -0.0498. The van der Waals surface area contributed by atoms with Crippen LogP contribution >= 0.6 is 0 Å². The van der Waals surface area contributed by atoms with Crippen LogP contribution in [0.2, 0.25) is 0 Å². The number of aliphatic hydroxyl groups excluding tert-OH is 1. The summed E-state index contributed by atoms with van der Waals surface area (Å²) in [6.45, 7) is -2.88. The van der Waals surface area contributed by atoms with Crippen molar-refractivity contribution in [2.45, 2.75) is 13.0 Å². The number of nitrogens with one attached hydrogen (secondary N) is 1. The zero-order chi connectivity index (χ0) is 15.2. The Labute approximate surface area is 116 Å². The summed E-state index contributed by atoms with van der Waals surface area (Å²) in [6.07, 6.45) is 0.318. The molecule has 20 heavy (non-hydrogen) atoms. The second-order valence-corrected chi connectivity index (χ2v) is 5.69. The van der Waals surface area contributed by atoms with E-state index in [0.29, 0.717) is 6.42 Å². The molecule has 0 atom stereocenters. The molecule has 0 heterocycles. The number of hydrogen-bond donors (Lipinski definition) is 2. The quantitative estimate of drug-likeness (QED) is 0.757. The van der Waals surface area contributed by atoms with Crippen LogP contribution in [0.4, 0.5) is 14.5 Å². The summed E-state index contributed by atoms with van der Waals surface area (Å²) in [5.41, 5.74) is 0.225. The van der Waals surface area contributed by atoms with Crippen LogP contribution in [-0.4, -0.2) is 44.6 Å². The van der Waals surface area contributed by atoms with Crippen LogP contribution in [0.5, 0.6) is 5.75 Å². The van der Waals surface area contributed by atoms with Gasteiger partial charge in [0, 0.05) is 20.2 Å². The molecule has 0 aliphatic heterocycles. The van der Waals surface area contributed by atoms with E-state index in [1.807, 2.05) is 0 Å². The minimum atomic E-state index is -3.74. The highest BCUT2D eigenvalue weighted by Gasteiger charge is 2.17. The van der Waals surface area contributed by atoms with Gasteiger partial charge in [0.05, 0.1) is 5.69 Å². The van der Waals surface area contributed by atoms with Crippen molar-refractivity contribution in [3.8, 4) is 5.75 Å². The van der Waals surface area contributed by atoms with Gasteiger partial charge < -0.3 is 9.84 Å². The molecule has 0 aliphatic carbocycles. The van der Waals surface area contributed by atoms with Gasteiger partial charge in [-0.3, -0.25) is 4.72 Å². The summed E-state index contributed by atoms with van der Waals surface area (Å²) < 4.78 is 55.1. The molecule has 2 N–H and O–H groups in total. The lowest BCUT2D eigenvalue weighted by Crippen LogP contribution is -2.33. The van der Waals surface area contributed by atoms with Crippen LogP contribution in [0.25, 0.3) is 0 Å². The number of nitrogens with zero attached hydrogens (tertiary/aromatic N) is 1. The average Bonchev–Trinajstić information content (AvgIpc) is 2.37. The molecule has 1 aromatic carbocycles. The Morgan fingerprint density at radius 3 is 2.45 bits per heavy atom. The van der Waals surface area contributed by atoms with Crippen molar-refractivity contribution in [3.63, 3.8) is 0 Å². The summed E-state index contributed by atoms with van der Waals surface area (Å²) in [5, 5.41) is 8.66. The molecular weight excluding hydrogens is 294 g/mol. The maximum absolute atomic E-state index is 12.0. The number of aliphatic hydroxyl groups is 1. The minimum Gasteiger partial charge on any atom is -0.435 e. The number of anilines is 1. The SMILES string of the molecule is CN(CCCO)S(=O)(=O)Nc1ccc(OC(F)F)cc1. The van der Waals surface area contributed by atoms with E-state index < -0.39 is 16.8 Å². The molecule has 0 unspecified atom stereocenters. The first-order valence-electron chi connectivity index (χ1n) is 5.75. The van der Waals surface area contributed by atoms with Crippen LogP contribution in [-0.2, 0) is 10.2 Å². The maximum Gasteiger partial charge on any atom is 0.387 e. The smallest absolute Gasteiger partial charge is 0.387 e. The molecule has 0 saturated carbocycles. The van der Waals surface area contributed by atoms with E-state index in [0.717, 1.165) is 4.31 Å².